The highest BCUT2D eigenvalue weighted by Gasteiger charge is 2.37. The fourth-order valence-corrected chi connectivity index (χ4v) is 9.13. The molecule has 4 aromatic carbocycles. The van der Waals surface area contributed by atoms with Crippen molar-refractivity contribution in [2.24, 2.45) is 39.6 Å². The maximum Gasteiger partial charge on any atom is 0.155 e. The van der Waals surface area contributed by atoms with Gasteiger partial charge in [-0.15, -0.1) is 0 Å². The SMILES string of the molecule is CCC1C(c2ccccc2)=NC(c2ccc3c(c2)C(C)(C)c2ccccc2-3)=NC1c1ccc(C2=CC=C(C(C)C)C(CC)C2C(C)C)cc1. The predicted molar refractivity (Wildman–Crippen MR) is 209 cm³/mol. The number of hydrogen-bond donors (Lipinski definition) is 0. The molecule has 0 N–H and O–H groups in total. The summed E-state index contributed by atoms with van der Waals surface area (Å²) < 4.78 is 0. The first-order valence-corrected chi connectivity index (χ1v) is 18.6. The lowest BCUT2D eigenvalue weighted by Crippen LogP contribution is -2.28. The van der Waals surface area contributed by atoms with Gasteiger partial charge in [0.15, 0.2) is 5.84 Å². The number of hydrogen-bond acceptors (Lipinski definition) is 2. The van der Waals surface area contributed by atoms with Crippen molar-refractivity contribution < 1.29 is 0 Å². The van der Waals surface area contributed by atoms with Crippen LogP contribution < -0.4 is 0 Å². The second-order valence-corrected chi connectivity index (χ2v) is 15.6. The van der Waals surface area contributed by atoms with E-state index >= 15 is 0 Å². The van der Waals surface area contributed by atoms with Crippen LogP contribution in [-0.2, 0) is 5.41 Å². The van der Waals surface area contributed by atoms with E-state index in [4.69, 9.17) is 9.98 Å². The molecule has 2 nitrogen and oxygen atoms in total. The Kier molecular flexibility index (Phi) is 8.94. The molecule has 3 aliphatic rings. The molecule has 0 bridgehead atoms. The van der Waals surface area contributed by atoms with Gasteiger partial charge in [0, 0.05) is 16.9 Å². The van der Waals surface area contributed by atoms with Gasteiger partial charge in [-0.3, -0.25) is 4.99 Å². The number of rotatable bonds is 8. The summed E-state index contributed by atoms with van der Waals surface area (Å²) in [5, 5.41) is 0. The quantitative estimate of drug-likeness (QED) is 0.182. The Balaban J connectivity index is 1.30. The third-order valence-corrected chi connectivity index (χ3v) is 11.7. The fraction of sp³-hybridized carbons (Fsp3) is 0.362. The van der Waals surface area contributed by atoms with Gasteiger partial charge in [0.25, 0.3) is 0 Å². The highest BCUT2D eigenvalue weighted by molar-refractivity contribution is 6.15. The van der Waals surface area contributed by atoms with E-state index in [1.54, 1.807) is 5.57 Å². The smallest absolute Gasteiger partial charge is 0.155 e. The van der Waals surface area contributed by atoms with Crippen LogP contribution in [0.4, 0.5) is 0 Å². The van der Waals surface area contributed by atoms with Crippen LogP contribution in [0.15, 0.2) is 125 Å². The molecular weight excluding hydrogens is 593 g/mol. The Morgan fingerprint density at radius 3 is 1.98 bits per heavy atom. The summed E-state index contributed by atoms with van der Waals surface area (Å²) in [5.74, 6) is 3.27. The number of allylic oxidation sites excluding steroid dienone is 4. The van der Waals surface area contributed by atoms with Crippen LogP contribution in [0.25, 0.3) is 16.7 Å². The molecule has 0 saturated carbocycles. The van der Waals surface area contributed by atoms with Crippen molar-refractivity contribution in [2.75, 3.05) is 0 Å². The zero-order valence-electron chi connectivity index (χ0n) is 30.7. The molecule has 7 rings (SSSR count). The molecule has 0 amide bonds. The molecule has 4 unspecified atom stereocenters. The van der Waals surface area contributed by atoms with Gasteiger partial charge in [0.05, 0.1) is 11.8 Å². The molecule has 0 radical (unpaired) electrons. The zero-order chi connectivity index (χ0) is 34.4. The van der Waals surface area contributed by atoms with E-state index < -0.39 is 0 Å². The van der Waals surface area contributed by atoms with E-state index in [0.29, 0.717) is 23.7 Å². The largest absolute Gasteiger partial charge is 0.257 e. The van der Waals surface area contributed by atoms with E-state index in [-0.39, 0.29) is 17.4 Å². The van der Waals surface area contributed by atoms with E-state index in [1.165, 1.54) is 50.9 Å². The molecule has 1 aliphatic heterocycles. The van der Waals surface area contributed by atoms with Crippen molar-refractivity contribution in [3.8, 4) is 11.1 Å². The summed E-state index contributed by atoms with van der Waals surface area (Å²) in [6.07, 6.45) is 6.98. The van der Waals surface area contributed by atoms with Crippen molar-refractivity contribution in [1.29, 1.82) is 0 Å². The third kappa shape index (κ3) is 5.78. The number of fused-ring (bicyclic) bond motifs is 3. The molecule has 0 saturated heterocycles. The minimum Gasteiger partial charge on any atom is -0.257 e. The predicted octanol–water partition coefficient (Wildman–Crippen LogP) is 12.3. The second kappa shape index (κ2) is 13.2. The normalized spacial score (nSPS) is 22.7. The Morgan fingerprint density at radius 2 is 1.31 bits per heavy atom. The van der Waals surface area contributed by atoms with Crippen LogP contribution >= 0.6 is 0 Å². The molecule has 2 aliphatic carbocycles. The van der Waals surface area contributed by atoms with Gasteiger partial charge in [-0.05, 0) is 87.1 Å². The Labute approximate surface area is 294 Å². The molecule has 4 atom stereocenters. The number of benzene rings is 4. The van der Waals surface area contributed by atoms with Gasteiger partial charge in [-0.1, -0.05) is 164 Å². The van der Waals surface area contributed by atoms with Crippen molar-refractivity contribution >= 4 is 17.1 Å². The van der Waals surface area contributed by atoms with Crippen LogP contribution in [0.2, 0.25) is 0 Å². The second-order valence-electron chi connectivity index (χ2n) is 15.6. The fourth-order valence-electron chi connectivity index (χ4n) is 9.13. The van der Waals surface area contributed by atoms with Crippen molar-refractivity contribution in [1.82, 2.24) is 0 Å². The molecule has 2 heteroatoms. The molecule has 0 fully saturated rings. The van der Waals surface area contributed by atoms with Gasteiger partial charge in [0.2, 0.25) is 0 Å². The van der Waals surface area contributed by atoms with Gasteiger partial charge < -0.3 is 0 Å². The van der Waals surface area contributed by atoms with Crippen LogP contribution in [0.5, 0.6) is 0 Å². The van der Waals surface area contributed by atoms with Gasteiger partial charge >= 0.3 is 0 Å². The van der Waals surface area contributed by atoms with Crippen LogP contribution in [0, 0.1) is 29.6 Å². The maximum absolute atomic E-state index is 5.52. The summed E-state index contributed by atoms with van der Waals surface area (Å²) >= 11 is 0. The van der Waals surface area contributed by atoms with Crippen LogP contribution in [0.3, 0.4) is 0 Å². The number of amidine groups is 1. The molecule has 0 aromatic heterocycles. The monoisotopic (exact) mass is 644 g/mol. The summed E-state index contributed by atoms with van der Waals surface area (Å²) in [4.78, 5) is 10.9. The summed E-state index contributed by atoms with van der Waals surface area (Å²) in [5.41, 5.74) is 14.4. The van der Waals surface area contributed by atoms with Gasteiger partial charge in [-0.2, -0.15) is 0 Å². The molecule has 49 heavy (non-hydrogen) atoms. The lowest BCUT2D eigenvalue weighted by molar-refractivity contribution is 0.333. The van der Waals surface area contributed by atoms with E-state index in [0.717, 1.165) is 23.5 Å². The average molecular weight is 645 g/mol. The zero-order valence-corrected chi connectivity index (χ0v) is 30.7. The minimum atomic E-state index is -0.0755. The van der Waals surface area contributed by atoms with Crippen LogP contribution in [-0.4, -0.2) is 11.5 Å². The lowest BCUT2D eigenvalue weighted by Gasteiger charge is -2.38. The Morgan fingerprint density at radius 1 is 0.653 bits per heavy atom. The first-order chi connectivity index (χ1) is 23.6. The highest BCUT2D eigenvalue weighted by Crippen LogP contribution is 2.49. The molecular formula is C47H52N2. The van der Waals surface area contributed by atoms with Crippen molar-refractivity contribution in [3.05, 3.63) is 148 Å². The van der Waals surface area contributed by atoms with Crippen LogP contribution in [0.1, 0.15) is 108 Å². The first-order valence-electron chi connectivity index (χ1n) is 18.6. The standard InChI is InChI=1S/C47H52N2/c1-9-35-37(29(3)4)26-27-38(43(35)30(5)6)31-20-22-33(23-21-31)45-36(10-2)44(32-16-12-11-13-17-32)48-46(49-45)34-24-25-40-39-18-14-15-19-41(39)47(7,8)42(40)28-34/h11-30,35-36,43,45H,9-10H2,1-8H3. The molecule has 0 spiro atoms. The van der Waals surface area contributed by atoms with E-state index in [9.17, 15) is 0 Å². The average Bonchev–Trinajstić information content (AvgIpc) is 3.36. The maximum atomic E-state index is 5.52. The molecule has 4 aromatic rings. The summed E-state index contributed by atoms with van der Waals surface area (Å²) in [6.45, 7) is 18.8. The highest BCUT2D eigenvalue weighted by atomic mass is 15.0. The number of aliphatic imine (C=N–C) groups is 2. The molecule has 1 heterocycles. The van der Waals surface area contributed by atoms with E-state index in [2.05, 4.69) is 165 Å². The topological polar surface area (TPSA) is 24.7 Å². The molecule has 250 valence electrons. The first kappa shape index (κ1) is 33.2. The summed E-state index contributed by atoms with van der Waals surface area (Å²) in [7, 11) is 0. The minimum absolute atomic E-state index is 0.0164. The van der Waals surface area contributed by atoms with Gasteiger partial charge in [-0.25, -0.2) is 4.99 Å². The Bertz CT molecular complexity index is 1970. The van der Waals surface area contributed by atoms with Crippen molar-refractivity contribution in [2.45, 2.75) is 79.7 Å². The van der Waals surface area contributed by atoms with Gasteiger partial charge in [0.1, 0.15) is 0 Å². The number of nitrogens with zero attached hydrogens (tertiary/aromatic N) is 2. The third-order valence-electron chi connectivity index (χ3n) is 11.7. The van der Waals surface area contributed by atoms with E-state index in [1.807, 2.05) is 0 Å². The van der Waals surface area contributed by atoms with Crippen molar-refractivity contribution in [3.63, 3.8) is 0 Å². The summed E-state index contributed by atoms with van der Waals surface area (Å²) in [6, 6.07) is 35.9. The Hall–Kier alpha value is -4.30. The lowest BCUT2D eigenvalue weighted by atomic mass is 9.67.